The molecular formula is C20H27ClN4O2. The Bertz CT molecular complexity index is 714. The van der Waals surface area contributed by atoms with Crippen LogP contribution in [0.15, 0.2) is 48.8 Å². The van der Waals surface area contributed by atoms with E-state index in [4.69, 9.17) is 4.74 Å². The summed E-state index contributed by atoms with van der Waals surface area (Å²) >= 11 is 0. The van der Waals surface area contributed by atoms with Crippen LogP contribution in [-0.2, 0) is 11.3 Å². The summed E-state index contributed by atoms with van der Waals surface area (Å²) in [5.74, 6) is 0.862. The van der Waals surface area contributed by atoms with Crippen LogP contribution in [0.2, 0.25) is 0 Å². The number of pyridine rings is 1. The lowest BCUT2D eigenvalue weighted by atomic mass is 10.1. The summed E-state index contributed by atoms with van der Waals surface area (Å²) in [6, 6.07) is 12.0. The molecule has 1 aliphatic rings. The zero-order chi connectivity index (χ0) is 18.2. The number of carbonyl (C=O) groups is 1. The Kier molecular flexibility index (Phi) is 8.51. The summed E-state index contributed by atoms with van der Waals surface area (Å²) in [6.45, 7) is 6.04. The van der Waals surface area contributed by atoms with Crippen LogP contribution in [0.4, 0.5) is 0 Å². The summed E-state index contributed by atoms with van der Waals surface area (Å²) in [5.41, 5.74) is 2.17. The first-order valence-corrected chi connectivity index (χ1v) is 9.09. The fourth-order valence-electron chi connectivity index (χ4n) is 3.19. The number of hydrogen-bond donors (Lipinski definition) is 2. The predicted octanol–water partition coefficient (Wildman–Crippen LogP) is 2.16. The van der Waals surface area contributed by atoms with Gasteiger partial charge in [-0.1, -0.05) is 18.2 Å². The van der Waals surface area contributed by atoms with Gasteiger partial charge in [-0.2, -0.15) is 0 Å². The molecule has 0 bridgehead atoms. The molecule has 1 atom stereocenters. The molecular weight excluding hydrogens is 364 g/mol. The molecule has 1 aromatic heterocycles. The monoisotopic (exact) mass is 390 g/mol. The Morgan fingerprint density at radius 3 is 3.04 bits per heavy atom. The molecule has 7 heteroatoms. The molecule has 1 unspecified atom stereocenters. The second kappa shape index (κ2) is 10.9. The maximum absolute atomic E-state index is 12.5. The van der Waals surface area contributed by atoms with Crippen molar-refractivity contribution >= 4 is 18.3 Å². The van der Waals surface area contributed by atoms with E-state index < -0.39 is 0 Å². The van der Waals surface area contributed by atoms with Crippen LogP contribution in [0.3, 0.4) is 0 Å². The van der Waals surface area contributed by atoms with Crippen LogP contribution in [0, 0.1) is 0 Å². The van der Waals surface area contributed by atoms with E-state index in [9.17, 15) is 4.79 Å². The SMILES string of the molecule is CCOc1cccc(CNC(=O)CN2CCNCC2c2cccnc2)c1.Cl. The minimum absolute atomic E-state index is 0. The zero-order valence-electron chi connectivity index (χ0n) is 15.6. The van der Waals surface area contributed by atoms with Gasteiger partial charge in [0.2, 0.25) is 5.91 Å². The number of benzene rings is 1. The zero-order valence-corrected chi connectivity index (χ0v) is 16.4. The van der Waals surface area contributed by atoms with E-state index in [1.807, 2.05) is 43.5 Å². The molecule has 2 heterocycles. The van der Waals surface area contributed by atoms with E-state index in [0.717, 1.165) is 36.5 Å². The molecule has 1 fully saturated rings. The van der Waals surface area contributed by atoms with Gasteiger partial charge >= 0.3 is 0 Å². The highest BCUT2D eigenvalue weighted by Crippen LogP contribution is 2.20. The van der Waals surface area contributed by atoms with Crippen LogP contribution < -0.4 is 15.4 Å². The lowest BCUT2D eigenvalue weighted by molar-refractivity contribution is -0.123. The summed E-state index contributed by atoms with van der Waals surface area (Å²) in [7, 11) is 0. The second-order valence-electron chi connectivity index (χ2n) is 6.33. The average molecular weight is 391 g/mol. The number of carbonyl (C=O) groups excluding carboxylic acids is 1. The summed E-state index contributed by atoms with van der Waals surface area (Å²) in [4.78, 5) is 18.9. The highest BCUT2D eigenvalue weighted by atomic mass is 35.5. The Morgan fingerprint density at radius 1 is 1.37 bits per heavy atom. The Morgan fingerprint density at radius 2 is 2.26 bits per heavy atom. The smallest absolute Gasteiger partial charge is 0.234 e. The number of ether oxygens (including phenoxy) is 1. The molecule has 146 valence electrons. The third-order valence-electron chi connectivity index (χ3n) is 4.47. The molecule has 27 heavy (non-hydrogen) atoms. The number of hydrogen-bond acceptors (Lipinski definition) is 5. The molecule has 0 aliphatic carbocycles. The van der Waals surface area contributed by atoms with Crippen molar-refractivity contribution in [1.82, 2.24) is 20.5 Å². The topological polar surface area (TPSA) is 66.5 Å². The second-order valence-corrected chi connectivity index (χ2v) is 6.33. The highest BCUT2D eigenvalue weighted by molar-refractivity contribution is 5.85. The molecule has 0 radical (unpaired) electrons. The average Bonchev–Trinajstić information content (AvgIpc) is 2.68. The van der Waals surface area contributed by atoms with Gasteiger partial charge in [-0.05, 0) is 36.2 Å². The van der Waals surface area contributed by atoms with Crippen molar-refractivity contribution in [3.63, 3.8) is 0 Å². The number of nitrogens with zero attached hydrogens (tertiary/aromatic N) is 2. The van der Waals surface area contributed by atoms with Crippen LogP contribution in [0.25, 0.3) is 0 Å². The maximum Gasteiger partial charge on any atom is 0.234 e. The van der Waals surface area contributed by atoms with Gasteiger partial charge in [0.25, 0.3) is 0 Å². The third-order valence-corrected chi connectivity index (χ3v) is 4.47. The molecule has 2 N–H and O–H groups in total. The van der Waals surface area contributed by atoms with Crippen molar-refractivity contribution in [3.8, 4) is 5.75 Å². The van der Waals surface area contributed by atoms with Gasteiger partial charge in [0.15, 0.2) is 0 Å². The number of aromatic nitrogens is 1. The number of halogens is 1. The van der Waals surface area contributed by atoms with E-state index in [-0.39, 0.29) is 24.4 Å². The number of nitrogens with one attached hydrogen (secondary N) is 2. The number of amides is 1. The first-order chi connectivity index (χ1) is 12.8. The van der Waals surface area contributed by atoms with Crippen molar-refractivity contribution in [2.75, 3.05) is 32.8 Å². The van der Waals surface area contributed by atoms with Crippen molar-refractivity contribution in [2.45, 2.75) is 19.5 Å². The van der Waals surface area contributed by atoms with E-state index in [2.05, 4.69) is 26.6 Å². The normalized spacial score (nSPS) is 17.0. The molecule has 1 amide bonds. The summed E-state index contributed by atoms with van der Waals surface area (Å²) in [5, 5.41) is 6.41. The van der Waals surface area contributed by atoms with Crippen LogP contribution in [0.1, 0.15) is 24.1 Å². The fraction of sp³-hybridized carbons (Fsp3) is 0.400. The molecule has 2 aromatic rings. The van der Waals surface area contributed by atoms with Gasteiger partial charge in [0, 0.05) is 44.6 Å². The summed E-state index contributed by atoms with van der Waals surface area (Å²) < 4.78 is 5.50. The molecule has 3 rings (SSSR count). The van der Waals surface area contributed by atoms with E-state index in [0.29, 0.717) is 19.7 Å². The van der Waals surface area contributed by atoms with E-state index in [1.54, 1.807) is 6.20 Å². The predicted molar refractivity (Wildman–Crippen MR) is 108 cm³/mol. The van der Waals surface area contributed by atoms with Crippen LogP contribution >= 0.6 is 12.4 Å². The Hall–Kier alpha value is -2.15. The first kappa shape index (κ1) is 21.2. The molecule has 0 spiro atoms. The first-order valence-electron chi connectivity index (χ1n) is 9.09. The molecule has 1 aliphatic heterocycles. The summed E-state index contributed by atoms with van der Waals surface area (Å²) in [6.07, 6.45) is 3.65. The minimum atomic E-state index is 0. The van der Waals surface area contributed by atoms with Gasteiger partial charge in [-0.3, -0.25) is 14.7 Å². The largest absolute Gasteiger partial charge is 0.494 e. The minimum Gasteiger partial charge on any atom is -0.494 e. The van der Waals surface area contributed by atoms with Gasteiger partial charge in [-0.15, -0.1) is 12.4 Å². The van der Waals surface area contributed by atoms with Crippen molar-refractivity contribution in [2.24, 2.45) is 0 Å². The molecule has 0 saturated carbocycles. The van der Waals surface area contributed by atoms with Gasteiger partial charge in [0.1, 0.15) is 5.75 Å². The van der Waals surface area contributed by atoms with Gasteiger partial charge < -0.3 is 15.4 Å². The van der Waals surface area contributed by atoms with Crippen molar-refractivity contribution in [1.29, 1.82) is 0 Å². The van der Waals surface area contributed by atoms with Crippen molar-refractivity contribution < 1.29 is 9.53 Å². The van der Waals surface area contributed by atoms with Gasteiger partial charge in [0.05, 0.1) is 13.2 Å². The van der Waals surface area contributed by atoms with Gasteiger partial charge in [-0.25, -0.2) is 0 Å². The molecule has 1 saturated heterocycles. The molecule has 6 nitrogen and oxygen atoms in total. The third kappa shape index (κ3) is 6.20. The lowest BCUT2D eigenvalue weighted by Gasteiger charge is -2.35. The lowest BCUT2D eigenvalue weighted by Crippen LogP contribution is -2.49. The van der Waals surface area contributed by atoms with E-state index >= 15 is 0 Å². The Labute approximate surface area is 166 Å². The quantitative estimate of drug-likeness (QED) is 0.758. The maximum atomic E-state index is 12.5. The number of rotatable bonds is 7. The standard InChI is InChI=1S/C20H26N4O2.ClH/c1-2-26-18-7-3-5-16(11-18)12-23-20(25)15-24-10-9-22-14-19(24)17-6-4-8-21-13-17;/h3-8,11,13,19,22H,2,9-10,12,14-15H2,1H3,(H,23,25);1H. The fourth-order valence-corrected chi connectivity index (χ4v) is 3.19. The molecule has 1 aromatic carbocycles. The highest BCUT2D eigenvalue weighted by Gasteiger charge is 2.25. The van der Waals surface area contributed by atoms with Crippen LogP contribution in [0.5, 0.6) is 5.75 Å². The van der Waals surface area contributed by atoms with Crippen molar-refractivity contribution in [3.05, 3.63) is 59.9 Å². The number of piperazine rings is 1. The van der Waals surface area contributed by atoms with Crippen LogP contribution in [-0.4, -0.2) is 48.6 Å². The Balaban J connectivity index is 0.00000261. The van der Waals surface area contributed by atoms with E-state index in [1.165, 1.54) is 0 Å².